The van der Waals surface area contributed by atoms with Gasteiger partial charge in [-0.3, -0.25) is 0 Å². The van der Waals surface area contributed by atoms with Crippen molar-refractivity contribution >= 4 is 17.5 Å². The zero-order chi connectivity index (χ0) is 15.4. The average Bonchev–Trinajstić information content (AvgIpc) is 2.49. The Balaban J connectivity index is 2.34. The summed E-state index contributed by atoms with van der Waals surface area (Å²) < 4.78 is 10.2. The van der Waals surface area contributed by atoms with Gasteiger partial charge in [-0.25, -0.2) is 14.8 Å². The molecule has 0 saturated heterocycles. The first kappa shape index (κ1) is 14.6. The summed E-state index contributed by atoms with van der Waals surface area (Å²) in [6.45, 7) is 1.82. The van der Waals surface area contributed by atoms with Gasteiger partial charge in [-0.1, -0.05) is 0 Å². The number of hydrogen-bond donors (Lipinski definition) is 2. The Morgan fingerprint density at radius 1 is 1.24 bits per heavy atom. The van der Waals surface area contributed by atoms with Crippen molar-refractivity contribution in [3.63, 3.8) is 0 Å². The number of nitrogens with one attached hydrogen (secondary N) is 1. The summed E-state index contributed by atoms with van der Waals surface area (Å²) in [5.41, 5.74) is 1.50. The smallest absolute Gasteiger partial charge is 0.339 e. The molecule has 0 aliphatic heterocycles. The molecule has 21 heavy (non-hydrogen) atoms. The molecule has 2 N–H and O–H groups in total. The third-order valence-electron chi connectivity index (χ3n) is 2.93. The normalized spacial score (nSPS) is 10.0. The molecule has 7 nitrogen and oxygen atoms in total. The fraction of sp³-hybridized carbons (Fsp3) is 0.214. The van der Waals surface area contributed by atoms with E-state index in [0.717, 1.165) is 5.56 Å². The first-order valence-electron chi connectivity index (χ1n) is 6.10. The number of methoxy groups -OCH3 is 2. The Kier molecular flexibility index (Phi) is 4.22. The molecular weight excluding hydrogens is 274 g/mol. The third kappa shape index (κ3) is 3.02. The zero-order valence-electron chi connectivity index (χ0n) is 11.9. The number of carboxylic acid groups (broad SMARTS) is 1. The van der Waals surface area contributed by atoms with E-state index in [-0.39, 0.29) is 11.3 Å². The highest BCUT2D eigenvalue weighted by Crippen LogP contribution is 2.27. The zero-order valence-corrected chi connectivity index (χ0v) is 11.9. The highest BCUT2D eigenvalue weighted by Gasteiger charge is 2.13. The molecule has 0 spiro atoms. The van der Waals surface area contributed by atoms with E-state index < -0.39 is 5.97 Å². The van der Waals surface area contributed by atoms with E-state index in [0.29, 0.717) is 17.4 Å². The van der Waals surface area contributed by atoms with Crippen molar-refractivity contribution < 1.29 is 19.4 Å². The van der Waals surface area contributed by atoms with Gasteiger partial charge in [0.1, 0.15) is 23.5 Å². The van der Waals surface area contributed by atoms with Gasteiger partial charge in [0, 0.05) is 11.8 Å². The molecule has 110 valence electrons. The monoisotopic (exact) mass is 289 g/mol. The number of carbonyl (C=O) groups is 1. The van der Waals surface area contributed by atoms with Crippen LogP contribution in [0.5, 0.6) is 11.6 Å². The number of hydrogen-bond acceptors (Lipinski definition) is 6. The van der Waals surface area contributed by atoms with Gasteiger partial charge in [0.2, 0.25) is 5.88 Å². The van der Waals surface area contributed by atoms with Crippen LogP contribution in [-0.4, -0.2) is 35.3 Å². The summed E-state index contributed by atoms with van der Waals surface area (Å²) in [4.78, 5) is 19.2. The topological polar surface area (TPSA) is 93.6 Å². The molecule has 1 heterocycles. The Bertz CT molecular complexity index is 673. The maximum atomic E-state index is 11.1. The molecule has 0 atom stereocenters. The Hall–Kier alpha value is -2.83. The molecule has 0 amide bonds. The quantitative estimate of drug-likeness (QED) is 0.871. The van der Waals surface area contributed by atoms with E-state index in [4.69, 9.17) is 14.6 Å². The minimum atomic E-state index is -1.04. The SMILES string of the molecule is COc1cc(Nc2ncnc(OC)c2C)ccc1C(=O)O. The lowest BCUT2D eigenvalue weighted by molar-refractivity contribution is 0.0693. The van der Waals surface area contributed by atoms with Crippen LogP contribution in [0, 0.1) is 6.92 Å². The van der Waals surface area contributed by atoms with E-state index >= 15 is 0 Å². The van der Waals surface area contributed by atoms with E-state index in [2.05, 4.69) is 15.3 Å². The van der Waals surface area contributed by atoms with Crippen molar-refractivity contribution in [3.05, 3.63) is 35.7 Å². The number of carboxylic acids is 1. The van der Waals surface area contributed by atoms with Crippen molar-refractivity contribution in [2.45, 2.75) is 6.92 Å². The molecule has 0 saturated carbocycles. The summed E-state index contributed by atoms with van der Waals surface area (Å²) >= 11 is 0. The summed E-state index contributed by atoms with van der Waals surface area (Å²) in [5.74, 6) is 0.276. The van der Waals surface area contributed by atoms with E-state index in [9.17, 15) is 4.79 Å². The number of rotatable bonds is 5. The van der Waals surface area contributed by atoms with Crippen LogP contribution in [-0.2, 0) is 0 Å². The predicted molar refractivity (Wildman–Crippen MR) is 76.6 cm³/mol. The second-order valence-corrected chi connectivity index (χ2v) is 4.20. The minimum absolute atomic E-state index is 0.0973. The van der Waals surface area contributed by atoms with E-state index in [1.807, 2.05) is 6.92 Å². The lowest BCUT2D eigenvalue weighted by Gasteiger charge is -2.12. The first-order valence-corrected chi connectivity index (χ1v) is 6.10. The van der Waals surface area contributed by atoms with Crippen LogP contribution in [0.25, 0.3) is 0 Å². The molecule has 0 radical (unpaired) electrons. The van der Waals surface area contributed by atoms with Crippen LogP contribution in [0.4, 0.5) is 11.5 Å². The number of anilines is 2. The molecule has 0 bridgehead atoms. The van der Waals surface area contributed by atoms with Gasteiger partial charge in [0.05, 0.1) is 19.8 Å². The average molecular weight is 289 g/mol. The van der Waals surface area contributed by atoms with Crippen molar-refractivity contribution in [1.29, 1.82) is 0 Å². The van der Waals surface area contributed by atoms with Crippen LogP contribution in [0.1, 0.15) is 15.9 Å². The first-order chi connectivity index (χ1) is 10.1. The molecule has 0 unspecified atom stereocenters. The van der Waals surface area contributed by atoms with Crippen molar-refractivity contribution in [3.8, 4) is 11.6 Å². The molecule has 0 aliphatic rings. The van der Waals surface area contributed by atoms with Crippen LogP contribution < -0.4 is 14.8 Å². The fourth-order valence-corrected chi connectivity index (χ4v) is 1.85. The molecule has 0 fully saturated rings. The molecule has 2 aromatic rings. The number of nitrogens with zero attached hydrogens (tertiary/aromatic N) is 2. The van der Waals surface area contributed by atoms with Crippen LogP contribution in [0.15, 0.2) is 24.5 Å². The predicted octanol–water partition coefficient (Wildman–Crippen LogP) is 2.24. The maximum absolute atomic E-state index is 11.1. The van der Waals surface area contributed by atoms with E-state index in [1.165, 1.54) is 26.6 Å². The lowest BCUT2D eigenvalue weighted by atomic mass is 10.1. The highest BCUT2D eigenvalue weighted by atomic mass is 16.5. The van der Waals surface area contributed by atoms with Crippen LogP contribution >= 0.6 is 0 Å². The summed E-state index contributed by atoms with van der Waals surface area (Å²) in [5, 5.41) is 12.1. The van der Waals surface area contributed by atoms with Gasteiger partial charge >= 0.3 is 5.97 Å². The molecule has 2 rings (SSSR count). The molecule has 1 aromatic heterocycles. The van der Waals surface area contributed by atoms with Gasteiger partial charge in [-0.2, -0.15) is 0 Å². The lowest BCUT2D eigenvalue weighted by Crippen LogP contribution is -2.03. The van der Waals surface area contributed by atoms with E-state index in [1.54, 1.807) is 12.1 Å². The van der Waals surface area contributed by atoms with Crippen LogP contribution in [0.3, 0.4) is 0 Å². The summed E-state index contributed by atoms with van der Waals surface area (Å²) in [6, 6.07) is 4.70. The second kappa shape index (κ2) is 6.08. The molecule has 0 aliphatic carbocycles. The standard InChI is InChI=1S/C14H15N3O4/c1-8-12(15-7-16-13(8)21-3)17-9-4-5-10(14(18)19)11(6-9)20-2/h4-7H,1-3H3,(H,18,19)(H,15,16,17). The van der Waals surface area contributed by atoms with Crippen molar-refractivity contribution in [2.24, 2.45) is 0 Å². The fourth-order valence-electron chi connectivity index (χ4n) is 1.85. The number of benzene rings is 1. The molecular formula is C14H15N3O4. The van der Waals surface area contributed by atoms with Gasteiger partial charge in [0.15, 0.2) is 0 Å². The maximum Gasteiger partial charge on any atom is 0.339 e. The number of aromatic nitrogens is 2. The van der Waals surface area contributed by atoms with Gasteiger partial charge in [-0.15, -0.1) is 0 Å². The largest absolute Gasteiger partial charge is 0.496 e. The summed E-state index contributed by atoms with van der Waals surface area (Å²) in [6.07, 6.45) is 1.39. The Morgan fingerprint density at radius 2 is 2.00 bits per heavy atom. The van der Waals surface area contributed by atoms with Gasteiger partial charge in [0.25, 0.3) is 0 Å². The highest BCUT2D eigenvalue weighted by molar-refractivity contribution is 5.91. The van der Waals surface area contributed by atoms with Crippen molar-refractivity contribution in [1.82, 2.24) is 9.97 Å². The van der Waals surface area contributed by atoms with Crippen molar-refractivity contribution in [2.75, 3.05) is 19.5 Å². The summed E-state index contributed by atoms with van der Waals surface area (Å²) in [7, 11) is 2.95. The molecule has 1 aromatic carbocycles. The second-order valence-electron chi connectivity index (χ2n) is 4.20. The van der Waals surface area contributed by atoms with Gasteiger partial charge in [-0.05, 0) is 19.1 Å². The number of aromatic carboxylic acids is 1. The Labute approximate surface area is 121 Å². The molecule has 7 heteroatoms. The Morgan fingerprint density at radius 3 is 2.62 bits per heavy atom. The van der Waals surface area contributed by atoms with Crippen LogP contribution in [0.2, 0.25) is 0 Å². The third-order valence-corrected chi connectivity index (χ3v) is 2.93. The van der Waals surface area contributed by atoms with Gasteiger partial charge < -0.3 is 19.9 Å². The number of ether oxygens (including phenoxy) is 2. The minimum Gasteiger partial charge on any atom is -0.496 e.